The lowest BCUT2D eigenvalue weighted by atomic mass is 9.88. The fourth-order valence-corrected chi connectivity index (χ4v) is 2.30. The molecule has 0 aromatic heterocycles. The minimum absolute atomic E-state index is 0.180. The summed E-state index contributed by atoms with van der Waals surface area (Å²) in [5.41, 5.74) is 5.57. The van der Waals surface area contributed by atoms with E-state index in [-0.39, 0.29) is 11.8 Å². The molecule has 0 spiro atoms. The summed E-state index contributed by atoms with van der Waals surface area (Å²) in [7, 11) is 0. The standard InChI is InChI=1S/C15H30N2O3/c1-10(2)9-13(15(19)20)17-14(18)6-5-12(7-8-16)11(3)4/h10-13H,5-9,16H2,1-4H3,(H,17,18)(H,19,20). The number of nitrogens with two attached hydrogens (primary N) is 1. The highest BCUT2D eigenvalue weighted by atomic mass is 16.4. The summed E-state index contributed by atoms with van der Waals surface area (Å²) in [6.45, 7) is 8.75. The van der Waals surface area contributed by atoms with Gasteiger partial charge in [-0.05, 0) is 43.6 Å². The molecule has 4 N–H and O–H groups in total. The number of carbonyl (C=O) groups is 2. The Balaban J connectivity index is 4.28. The minimum Gasteiger partial charge on any atom is -0.480 e. The van der Waals surface area contributed by atoms with Gasteiger partial charge in [-0.3, -0.25) is 4.79 Å². The zero-order chi connectivity index (χ0) is 15.7. The van der Waals surface area contributed by atoms with E-state index in [1.54, 1.807) is 0 Å². The second-order valence-corrected chi connectivity index (χ2v) is 6.21. The lowest BCUT2D eigenvalue weighted by Crippen LogP contribution is -2.41. The molecule has 0 radical (unpaired) electrons. The number of amides is 1. The first-order chi connectivity index (χ1) is 9.27. The predicted octanol–water partition coefficient (Wildman–Crippen LogP) is 2.00. The molecule has 0 bridgehead atoms. The van der Waals surface area contributed by atoms with Gasteiger partial charge >= 0.3 is 5.97 Å². The second kappa shape index (κ2) is 9.75. The largest absolute Gasteiger partial charge is 0.480 e. The van der Waals surface area contributed by atoms with Crippen LogP contribution in [0.15, 0.2) is 0 Å². The van der Waals surface area contributed by atoms with E-state index in [4.69, 9.17) is 10.8 Å². The van der Waals surface area contributed by atoms with Gasteiger partial charge in [0, 0.05) is 6.42 Å². The lowest BCUT2D eigenvalue weighted by Gasteiger charge is -2.21. The number of hydrogen-bond donors (Lipinski definition) is 3. The van der Waals surface area contributed by atoms with E-state index < -0.39 is 12.0 Å². The van der Waals surface area contributed by atoms with Gasteiger partial charge in [0.05, 0.1) is 0 Å². The van der Waals surface area contributed by atoms with E-state index >= 15 is 0 Å². The molecule has 118 valence electrons. The predicted molar refractivity (Wildman–Crippen MR) is 80.3 cm³/mol. The molecule has 0 fully saturated rings. The summed E-state index contributed by atoms with van der Waals surface area (Å²) in [5.74, 6) is -0.0106. The molecule has 0 saturated carbocycles. The molecule has 0 rings (SSSR count). The van der Waals surface area contributed by atoms with Crippen molar-refractivity contribution in [2.75, 3.05) is 6.54 Å². The summed E-state index contributed by atoms with van der Waals surface area (Å²) < 4.78 is 0. The first-order valence-electron chi connectivity index (χ1n) is 7.50. The summed E-state index contributed by atoms with van der Waals surface area (Å²) in [6, 6.07) is -0.783. The molecular formula is C15H30N2O3. The zero-order valence-electron chi connectivity index (χ0n) is 13.2. The van der Waals surface area contributed by atoms with E-state index in [1.165, 1.54) is 0 Å². The number of nitrogens with one attached hydrogen (secondary N) is 1. The van der Waals surface area contributed by atoms with Crippen LogP contribution in [0.1, 0.15) is 53.4 Å². The number of carboxylic acids is 1. The Kier molecular flexibility index (Phi) is 9.21. The molecule has 2 atom stereocenters. The van der Waals surface area contributed by atoms with Crippen molar-refractivity contribution in [1.82, 2.24) is 5.32 Å². The van der Waals surface area contributed by atoms with Crippen LogP contribution in [0, 0.1) is 17.8 Å². The number of hydrogen-bond acceptors (Lipinski definition) is 3. The highest BCUT2D eigenvalue weighted by Crippen LogP contribution is 2.20. The van der Waals surface area contributed by atoms with Crippen molar-refractivity contribution in [3.8, 4) is 0 Å². The number of carbonyl (C=O) groups excluding carboxylic acids is 1. The van der Waals surface area contributed by atoms with Crippen molar-refractivity contribution < 1.29 is 14.7 Å². The van der Waals surface area contributed by atoms with E-state index in [9.17, 15) is 9.59 Å². The molecule has 5 nitrogen and oxygen atoms in total. The van der Waals surface area contributed by atoms with E-state index in [0.29, 0.717) is 31.2 Å². The monoisotopic (exact) mass is 286 g/mol. The third-order valence-electron chi connectivity index (χ3n) is 3.56. The minimum atomic E-state index is -0.964. The Bertz CT molecular complexity index is 303. The van der Waals surface area contributed by atoms with Crippen molar-refractivity contribution in [2.45, 2.75) is 59.4 Å². The van der Waals surface area contributed by atoms with Gasteiger partial charge in [-0.2, -0.15) is 0 Å². The van der Waals surface area contributed by atoms with Crippen molar-refractivity contribution in [2.24, 2.45) is 23.5 Å². The molecule has 20 heavy (non-hydrogen) atoms. The van der Waals surface area contributed by atoms with Gasteiger partial charge in [0.1, 0.15) is 6.04 Å². The molecule has 0 saturated heterocycles. The van der Waals surface area contributed by atoms with Crippen molar-refractivity contribution in [3.05, 3.63) is 0 Å². The van der Waals surface area contributed by atoms with Crippen LogP contribution in [0.4, 0.5) is 0 Å². The van der Waals surface area contributed by atoms with E-state index in [0.717, 1.165) is 12.8 Å². The van der Waals surface area contributed by atoms with Crippen molar-refractivity contribution >= 4 is 11.9 Å². The smallest absolute Gasteiger partial charge is 0.326 e. The van der Waals surface area contributed by atoms with Crippen molar-refractivity contribution in [1.29, 1.82) is 0 Å². The van der Waals surface area contributed by atoms with Crippen molar-refractivity contribution in [3.63, 3.8) is 0 Å². The molecule has 0 aliphatic heterocycles. The summed E-state index contributed by atoms with van der Waals surface area (Å²) >= 11 is 0. The van der Waals surface area contributed by atoms with E-state index in [1.807, 2.05) is 13.8 Å². The number of rotatable bonds is 10. The maximum atomic E-state index is 11.9. The second-order valence-electron chi connectivity index (χ2n) is 6.21. The van der Waals surface area contributed by atoms with Crippen LogP contribution in [-0.2, 0) is 9.59 Å². The van der Waals surface area contributed by atoms with Gasteiger partial charge in [-0.15, -0.1) is 0 Å². The van der Waals surface area contributed by atoms with Crippen LogP contribution in [0.3, 0.4) is 0 Å². The van der Waals surface area contributed by atoms with Gasteiger partial charge in [-0.25, -0.2) is 4.79 Å². The number of carboxylic acid groups (broad SMARTS) is 1. The molecule has 0 aromatic rings. The molecule has 2 unspecified atom stereocenters. The molecule has 0 aliphatic carbocycles. The molecule has 1 amide bonds. The maximum Gasteiger partial charge on any atom is 0.326 e. The Morgan fingerprint density at radius 1 is 1.15 bits per heavy atom. The topological polar surface area (TPSA) is 92.4 Å². The Morgan fingerprint density at radius 3 is 2.15 bits per heavy atom. The fraction of sp³-hybridized carbons (Fsp3) is 0.867. The van der Waals surface area contributed by atoms with E-state index in [2.05, 4.69) is 19.2 Å². The first kappa shape index (κ1) is 18.9. The highest BCUT2D eigenvalue weighted by Gasteiger charge is 2.22. The highest BCUT2D eigenvalue weighted by molar-refractivity contribution is 5.83. The Hall–Kier alpha value is -1.10. The Morgan fingerprint density at radius 2 is 1.75 bits per heavy atom. The summed E-state index contributed by atoms with van der Waals surface area (Å²) in [4.78, 5) is 23.0. The van der Waals surface area contributed by atoms with Crippen LogP contribution in [0.2, 0.25) is 0 Å². The van der Waals surface area contributed by atoms with Crippen LogP contribution < -0.4 is 11.1 Å². The van der Waals surface area contributed by atoms with Crippen LogP contribution in [-0.4, -0.2) is 29.6 Å². The third kappa shape index (κ3) is 8.15. The van der Waals surface area contributed by atoms with Gasteiger partial charge in [0.25, 0.3) is 0 Å². The quantitative estimate of drug-likeness (QED) is 0.572. The Labute approximate surface area is 122 Å². The normalized spacial score (nSPS) is 14.3. The SMILES string of the molecule is CC(C)CC(NC(=O)CCC(CCN)C(C)C)C(=O)O. The molecule has 5 heteroatoms. The van der Waals surface area contributed by atoms with Gasteiger partial charge in [0.2, 0.25) is 5.91 Å². The maximum absolute atomic E-state index is 11.9. The van der Waals surface area contributed by atoms with Crippen LogP contribution in [0.5, 0.6) is 0 Å². The third-order valence-corrected chi connectivity index (χ3v) is 3.56. The molecular weight excluding hydrogens is 256 g/mol. The molecule has 0 aromatic carbocycles. The molecule has 0 aliphatic rings. The lowest BCUT2D eigenvalue weighted by molar-refractivity contribution is -0.142. The molecule has 0 heterocycles. The van der Waals surface area contributed by atoms with Gasteiger partial charge in [-0.1, -0.05) is 27.7 Å². The summed E-state index contributed by atoms with van der Waals surface area (Å²) in [5, 5.41) is 11.7. The first-order valence-corrected chi connectivity index (χ1v) is 7.50. The zero-order valence-corrected chi connectivity index (χ0v) is 13.2. The van der Waals surface area contributed by atoms with Crippen LogP contribution in [0.25, 0.3) is 0 Å². The average molecular weight is 286 g/mol. The summed E-state index contributed by atoms with van der Waals surface area (Å²) in [6.07, 6.45) is 2.48. The fourth-order valence-electron chi connectivity index (χ4n) is 2.30. The number of aliphatic carboxylic acids is 1. The average Bonchev–Trinajstić information content (AvgIpc) is 2.32. The van der Waals surface area contributed by atoms with Crippen LogP contribution >= 0.6 is 0 Å². The van der Waals surface area contributed by atoms with Gasteiger partial charge < -0.3 is 16.2 Å². The van der Waals surface area contributed by atoms with Gasteiger partial charge in [0.15, 0.2) is 0 Å².